The van der Waals surface area contributed by atoms with Gasteiger partial charge in [-0.15, -0.1) is 0 Å². The molecule has 12 heavy (non-hydrogen) atoms. The molecular formula is C11H19N. The van der Waals surface area contributed by atoms with E-state index in [1.165, 1.54) is 0 Å². The van der Waals surface area contributed by atoms with Gasteiger partial charge in [0, 0.05) is 17.9 Å². The van der Waals surface area contributed by atoms with Crippen LogP contribution >= 0.6 is 0 Å². The minimum Gasteiger partial charge on any atom is -0.346 e. The maximum atomic E-state index is 3.98. The molecule has 0 aromatic heterocycles. The SMILES string of the molecule is C=C(/C=C\C)N(CC)C(=C)CC. The zero-order valence-corrected chi connectivity index (χ0v) is 8.43. The second-order valence-electron chi connectivity index (χ2n) is 2.66. The van der Waals surface area contributed by atoms with Gasteiger partial charge < -0.3 is 4.90 Å². The average Bonchev–Trinajstić information content (AvgIpc) is 2.06. The van der Waals surface area contributed by atoms with Crippen LogP contribution in [0.3, 0.4) is 0 Å². The third-order valence-corrected chi connectivity index (χ3v) is 1.81. The van der Waals surface area contributed by atoms with E-state index in [2.05, 4.69) is 31.9 Å². The quantitative estimate of drug-likeness (QED) is 0.565. The molecule has 0 aromatic rings. The van der Waals surface area contributed by atoms with Crippen LogP contribution in [0, 0.1) is 0 Å². The lowest BCUT2D eigenvalue weighted by atomic mass is 10.2. The molecule has 1 heteroatoms. The fourth-order valence-electron chi connectivity index (χ4n) is 1.10. The number of hydrogen-bond donors (Lipinski definition) is 0. The molecule has 0 rings (SSSR count). The van der Waals surface area contributed by atoms with E-state index in [9.17, 15) is 0 Å². The summed E-state index contributed by atoms with van der Waals surface area (Å²) in [4.78, 5) is 2.12. The highest BCUT2D eigenvalue weighted by Crippen LogP contribution is 2.13. The second kappa shape index (κ2) is 5.64. The van der Waals surface area contributed by atoms with Crippen LogP contribution < -0.4 is 0 Å². The summed E-state index contributed by atoms with van der Waals surface area (Å²) in [7, 11) is 0. The van der Waals surface area contributed by atoms with E-state index in [0.29, 0.717) is 0 Å². The summed E-state index contributed by atoms with van der Waals surface area (Å²) in [6.07, 6.45) is 4.97. The third-order valence-electron chi connectivity index (χ3n) is 1.81. The van der Waals surface area contributed by atoms with E-state index in [1.807, 2.05) is 19.1 Å². The predicted molar refractivity (Wildman–Crippen MR) is 55.8 cm³/mol. The van der Waals surface area contributed by atoms with Gasteiger partial charge in [0.05, 0.1) is 0 Å². The highest BCUT2D eigenvalue weighted by Gasteiger charge is 2.03. The average molecular weight is 165 g/mol. The smallest absolute Gasteiger partial charge is 0.0331 e. The van der Waals surface area contributed by atoms with Crippen molar-refractivity contribution >= 4 is 0 Å². The van der Waals surface area contributed by atoms with Crippen molar-refractivity contribution in [1.29, 1.82) is 0 Å². The third kappa shape index (κ3) is 2.95. The van der Waals surface area contributed by atoms with Gasteiger partial charge in [-0.1, -0.05) is 26.2 Å². The minimum absolute atomic E-state index is 0.940. The van der Waals surface area contributed by atoms with Gasteiger partial charge in [-0.05, 0) is 26.3 Å². The molecule has 1 nitrogen and oxygen atoms in total. The fraction of sp³-hybridized carbons (Fsp3) is 0.455. The lowest BCUT2D eigenvalue weighted by Gasteiger charge is -2.24. The van der Waals surface area contributed by atoms with Gasteiger partial charge in [-0.2, -0.15) is 0 Å². The van der Waals surface area contributed by atoms with Gasteiger partial charge in [-0.3, -0.25) is 0 Å². The Morgan fingerprint density at radius 3 is 2.25 bits per heavy atom. The number of nitrogens with zero attached hydrogens (tertiary/aromatic N) is 1. The van der Waals surface area contributed by atoms with Crippen LogP contribution in [0.5, 0.6) is 0 Å². The van der Waals surface area contributed by atoms with Crippen LogP contribution in [0.2, 0.25) is 0 Å². The van der Waals surface area contributed by atoms with E-state index in [1.54, 1.807) is 0 Å². The van der Waals surface area contributed by atoms with E-state index >= 15 is 0 Å². The summed E-state index contributed by atoms with van der Waals surface area (Å²) < 4.78 is 0. The maximum Gasteiger partial charge on any atom is 0.0331 e. The monoisotopic (exact) mass is 165 g/mol. The molecule has 0 aliphatic rings. The number of allylic oxidation sites excluding steroid dienone is 3. The summed E-state index contributed by atoms with van der Waals surface area (Å²) >= 11 is 0. The summed E-state index contributed by atoms with van der Waals surface area (Å²) in [6.45, 7) is 15.1. The molecule has 0 unspecified atom stereocenters. The second-order valence-corrected chi connectivity index (χ2v) is 2.66. The van der Waals surface area contributed by atoms with Crippen molar-refractivity contribution in [2.75, 3.05) is 6.54 Å². The molecule has 0 N–H and O–H groups in total. The van der Waals surface area contributed by atoms with E-state index in [0.717, 1.165) is 24.4 Å². The Morgan fingerprint density at radius 1 is 1.33 bits per heavy atom. The number of likely N-dealkylation sites (N-methyl/N-ethyl adjacent to an activating group) is 1. The Balaban J connectivity index is 4.34. The molecule has 0 atom stereocenters. The first kappa shape index (κ1) is 11.0. The fourth-order valence-corrected chi connectivity index (χ4v) is 1.10. The van der Waals surface area contributed by atoms with E-state index in [-0.39, 0.29) is 0 Å². The highest BCUT2D eigenvalue weighted by molar-refractivity contribution is 5.18. The highest BCUT2D eigenvalue weighted by atomic mass is 15.1. The van der Waals surface area contributed by atoms with Crippen LogP contribution in [-0.2, 0) is 0 Å². The lowest BCUT2D eigenvalue weighted by molar-refractivity contribution is 0.453. The van der Waals surface area contributed by atoms with Gasteiger partial charge in [-0.25, -0.2) is 0 Å². The summed E-state index contributed by atoms with van der Waals surface area (Å²) in [5.41, 5.74) is 2.15. The number of hydrogen-bond acceptors (Lipinski definition) is 1. The largest absolute Gasteiger partial charge is 0.346 e. The normalized spacial score (nSPS) is 10.2. The molecular weight excluding hydrogens is 146 g/mol. The molecule has 0 heterocycles. The predicted octanol–water partition coefficient (Wildman–Crippen LogP) is 3.32. The van der Waals surface area contributed by atoms with Gasteiger partial charge in [0.15, 0.2) is 0 Å². The molecule has 0 bridgehead atoms. The molecule has 0 aliphatic heterocycles. The lowest BCUT2D eigenvalue weighted by Crippen LogP contribution is -2.19. The Morgan fingerprint density at radius 2 is 1.92 bits per heavy atom. The Kier molecular flexibility index (Phi) is 5.18. The number of rotatable bonds is 5. The van der Waals surface area contributed by atoms with Gasteiger partial charge in [0.2, 0.25) is 0 Å². The van der Waals surface area contributed by atoms with Crippen LogP contribution in [0.15, 0.2) is 36.7 Å². The van der Waals surface area contributed by atoms with Crippen LogP contribution in [0.4, 0.5) is 0 Å². The van der Waals surface area contributed by atoms with E-state index < -0.39 is 0 Å². The summed E-state index contributed by atoms with van der Waals surface area (Å²) in [5.74, 6) is 0. The zero-order chi connectivity index (χ0) is 9.56. The first-order chi connectivity index (χ1) is 5.67. The molecule has 0 amide bonds. The Labute approximate surface area is 76.1 Å². The van der Waals surface area contributed by atoms with Gasteiger partial charge in [0.1, 0.15) is 0 Å². The van der Waals surface area contributed by atoms with Crippen LogP contribution in [0.1, 0.15) is 27.2 Å². The van der Waals surface area contributed by atoms with Crippen molar-refractivity contribution < 1.29 is 0 Å². The molecule has 68 valence electrons. The van der Waals surface area contributed by atoms with Crippen molar-refractivity contribution in [3.63, 3.8) is 0 Å². The van der Waals surface area contributed by atoms with Crippen molar-refractivity contribution in [1.82, 2.24) is 4.90 Å². The first-order valence-electron chi connectivity index (χ1n) is 4.44. The van der Waals surface area contributed by atoms with Crippen molar-refractivity contribution in [2.45, 2.75) is 27.2 Å². The molecule has 0 radical (unpaired) electrons. The van der Waals surface area contributed by atoms with Gasteiger partial charge >= 0.3 is 0 Å². The topological polar surface area (TPSA) is 3.24 Å². The van der Waals surface area contributed by atoms with Crippen molar-refractivity contribution in [3.05, 3.63) is 36.7 Å². The molecule has 0 aromatic carbocycles. The molecule has 0 fully saturated rings. The maximum absolute atomic E-state index is 3.98. The van der Waals surface area contributed by atoms with Crippen molar-refractivity contribution in [2.24, 2.45) is 0 Å². The van der Waals surface area contributed by atoms with Crippen LogP contribution in [-0.4, -0.2) is 11.4 Å². The molecule has 0 saturated heterocycles. The standard InChI is InChI=1S/C11H19N/c1-6-9-11(5)12(8-3)10(4)7-2/h6,9H,4-5,7-8H2,1-3H3/b9-6-. The van der Waals surface area contributed by atoms with Crippen molar-refractivity contribution in [3.8, 4) is 0 Å². The Hall–Kier alpha value is -0.980. The summed E-state index contributed by atoms with van der Waals surface area (Å²) in [6, 6.07) is 0. The molecule has 0 saturated carbocycles. The molecule has 0 spiro atoms. The van der Waals surface area contributed by atoms with Crippen LogP contribution in [0.25, 0.3) is 0 Å². The Bertz CT molecular complexity index is 189. The zero-order valence-electron chi connectivity index (χ0n) is 8.43. The minimum atomic E-state index is 0.940. The van der Waals surface area contributed by atoms with Gasteiger partial charge in [0.25, 0.3) is 0 Å². The van der Waals surface area contributed by atoms with E-state index in [4.69, 9.17) is 0 Å². The summed E-state index contributed by atoms with van der Waals surface area (Å²) in [5, 5.41) is 0. The first-order valence-corrected chi connectivity index (χ1v) is 4.44. The molecule has 0 aliphatic carbocycles.